The molecule has 1 atom stereocenters. The smallest absolute Gasteiger partial charge is 0.0723 e. The maximum Gasteiger partial charge on any atom is 0.0723 e. The fourth-order valence-electron chi connectivity index (χ4n) is 2.34. The van der Waals surface area contributed by atoms with Crippen molar-refractivity contribution in [1.29, 1.82) is 0 Å². The molecule has 100 valence electrons. The molecule has 0 N–H and O–H groups in total. The highest BCUT2D eigenvalue weighted by atomic mass is 28.1. The van der Waals surface area contributed by atoms with Crippen molar-refractivity contribution in [2.45, 2.75) is 24.5 Å². The monoisotopic (exact) mass is 270 g/mol. The Morgan fingerprint density at radius 2 is 1.32 bits per heavy atom. The topological polar surface area (TPSA) is 9.23 Å². The fourth-order valence-corrected chi connectivity index (χ4v) is 3.23. The zero-order valence-corrected chi connectivity index (χ0v) is 13.6. The summed E-state index contributed by atoms with van der Waals surface area (Å²) in [6, 6.07) is 22.7. The lowest BCUT2D eigenvalue weighted by Gasteiger charge is -2.34. The first-order valence-corrected chi connectivity index (χ1v) is 8.01. The molecule has 0 aliphatic carbocycles. The fraction of sp³-hybridized carbons (Fsp3) is 0.294. The van der Waals surface area contributed by atoms with E-state index >= 15 is 0 Å². The normalized spacial score (nSPS) is 22.3. The van der Waals surface area contributed by atoms with E-state index in [2.05, 4.69) is 30.3 Å². The first-order chi connectivity index (χ1) is 9.31. The van der Waals surface area contributed by atoms with Gasteiger partial charge in [-0.3, -0.25) is 0 Å². The predicted molar refractivity (Wildman–Crippen MR) is 84.3 cm³/mol. The van der Waals surface area contributed by atoms with Crippen molar-refractivity contribution < 1.29 is 4.74 Å². The molecule has 1 heterocycles. The second-order valence-electron chi connectivity index (χ2n) is 5.06. The second kappa shape index (κ2) is 7.27. The van der Waals surface area contributed by atoms with Crippen LogP contribution in [0.1, 0.15) is 24.8 Å². The van der Waals surface area contributed by atoms with Crippen molar-refractivity contribution in [3.63, 3.8) is 0 Å². The van der Waals surface area contributed by atoms with E-state index in [1.54, 1.807) is 0 Å². The minimum Gasteiger partial charge on any atom is -0.375 e. The van der Waals surface area contributed by atoms with E-state index in [0.717, 1.165) is 16.8 Å². The minimum absolute atomic E-state index is 0.111. The third kappa shape index (κ3) is 4.34. The Kier molecular flexibility index (Phi) is 5.37. The molecule has 1 fully saturated rings. The van der Waals surface area contributed by atoms with Crippen LogP contribution in [-0.2, 0) is 9.96 Å². The van der Waals surface area contributed by atoms with Gasteiger partial charge in [0.15, 0.2) is 0 Å². The molecule has 1 unspecified atom stereocenters. The standard InChI is InChI=1S/C11H16OSi.C6H6/c13-11(8-4-5-9-12-11)10-6-2-1-3-7-10;1-2-4-6-5-3-1/h1-3,6-7H,4-5,8-9H2,13H3;1-6H. The molecule has 2 heteroatoms. The Morgan fingerprint density at radius 3 is 1.79 bits per heavy atom. The van der Waals surface area contributed by atoms with Crippen LogP contribution in [0.2, 0.25) is 0 Å². The molecule has 0 radical (unpaired) electrons. The summed E-state index contributed by atoms with van der Waals surface area (Å²) >= 11 is 0. The van der Waals surface area contributed by atoms with Gasteiger partial charge in [-0.25, -0.2) is 0 Å². The predicted octanol–water partition coefficient (Wildman–Crippen LogP) is 3.09. The molecule has 1 aliphatic rings. The number of rotatable bonds is 1. The Bertz CT molecular complexity index is 422. The largest absolute Gasteiger partial charge is 0.375 e. The van der Waals surface area contributed by atoms with Gasteiger partial charge in [-0.2, -0.15) is 0 Å². The molecular formula is C17H22OSi. The number of hydrogen-bond donors (Lipinski definition) is 0. The Labute approximate surface area is 119 Å². The van der Waals surface area contributed by atoms with Crippen LogP contribution in [0.5, 0.6) is 0 Å². The van der Waals surface area contributed by atoms with Crippen molar-refractivity contribution in [2.24, 2.45) is 0 Å². The van der Waals surface area contributed by atoms with E-state index in [9.17, 15) is 0 Å². The first kappa shape index (κ1) is 14.0. The Hall–Kier alpha value is -1.38. The highest BCUT2D eigenvalue weighted by Gasteiger charge is 2.28. The van der Waals surface area contributed by atoms with Gasteiger partial charge in [0.25, 0.3) is 0 Å². The lowest BCUT2D eigenvalue weighted by molar-refractivity contribution is -0.0210. The summed E-state index contributed by atoms with van der Waals surface area (Å²) in [6.45, 7) is 0.943. The minimum atomic E-state index is 0.111. The van der Waals surface area contributed by atoms with E-state index in [1.807, 2.05) is 36.4 Å². The molecule has 2 aromatic carbocycles. The van der Waals surface area contributed by atoms with Crippen molar-refractivity contribution in [2.75, 3.05) is 6.61 Å². The van der Waals surface area contributed by atoms with Crippen molar-refractivity contribution in [3.05, 3.63) is 72.3 Å². The molecule has 0 spiro atoms. The van der Waals surface area contributed by atoms with Crippen LogP contribution in [0.15, 0.2) is 66.7 Å². The number of ether oxygens (including phenoxy) is 1. The average molecular weight is 270 g/mol. The second-order valence-corrected chi connectivity index (χ2v) is 6.67. The van der Waals surface area contributed by atoms with Crippen LogP contribution in [-0.4, -0.2) is 16.8 Å². The third-order valence-corrected chi connectivity index (χ3v) is 4.89. The SMILES string of the molecule is [SiH3]C1(c2ccccc2)CCCCO1.c1ccccc1. The summed E-state index contributed by atoms with van der Waals surface area (Å²) in [5.74, 6) is 0. The summed E-state index contributed by atoms with van der Waals surface area (Å²) in [7, 11) is 1.10. The highest BCUT2D eigenvalue weighted by Crippen LogP contribution is 2.31. The molecule has 0 aromatic heterocycles. The molecule has 1 nitrogen and oxygen atoms in total. The van der Waals surface area contributed by atoms with Crippen molar-refractivity contribution >= 4 is 10.2 Å². The molecule has 0 saturated carbocycles. The molecule has 1 aliphatic heterocycles. The van der Waals surface area contributed by atoms with E-state index in [4.69, 9.17) is 4.74 Å². The van der Waals surface area contributed by atoms with Crippen LogP contribution in [0.25, 0.3) is 0 Å². The first-order valence-electron chi connectivity index (χ1n) is 7.01. The van der Waals surface area contributed by atoms with Crippen LogP contribution < -0.4 is 0 Å². The lowest BCUT2D eigenvalue weighted by atomic mass is 10.0. The Morgan fingerprint density at radius 1 is 0.789 bits per heavy atom. The maximum atomic E-state index is 5.91. The molecule has 19 heavy (non-hydrogen) atoms. The van der Waals surface area contributed by atoms with Gasteiger partial charge in [-0.15, -0.1) is 0 Å². The zero-order chi connectivity index (χ0) is 13.4. The van der Waals surface area contributed by atoms with E-state index in [-0.39, 0.29) is 5.22 Å². The van der Waals surface area contributed by atoms with E-state index in [1.165, 1.54) is 24.8 Å². The van der Waals surface area contributed by atoms with Gasteiger partial charge in [0, 0.05) is 16.8 Å². The summed E-state index contributed by atoms with van der Waals surface area (Å²) < 4.78 is 5.91. The van der Waals surface area contributed by atoms with Gasteiger partial charge in [-0.1, -0.05) is 66.7 Å². The summed E-state index contributed by atoms with van der Waals surface area (Å²) in [5, 5.41) is 0.111. The Balaban J connectivity index is 0.000000186. The average Bonchev–Trinajstić information content (AvgIpc) is 2.51. The molecule has 0 amide bonds. The van der Waals surface area contributed by atoms with Gasteiger partial charge in [-0.05, 0) is 24.8 Å². The van der Waals surface area contributed by atoms with Gasteiger partial charge in [0.2, 0.25) is 0 Å². The number of hydrogen-bond acceptors (Lipinski definition) is 1. The van der Waals surface area contributed by atoms with E-state index in [0.29, 0.717) is 0 Å². The van der Waals surface area contributed by atoms with Gasteiger partial charge < -0.3 is 4.74 Å². The molecule has 3 rings (SSSR count). The lowest BCUT2D eigenvalue weighted by Crippen LogP contribution is -2.33. The molecule has 1 saturated heterocycles. The summed E-state index contributed by atoms with van der Waals surface area (Å²) in [4.78, 5) is 0. The quantitative estimate of drug-likeness (QED) is 0.724. The maximum absolute atomic E-state index is 5.91. The van der Waals surface area contributed by atoms with Crippen LogP contribution in [0.4, 0.5) is 0 Å². The molecule has 2 aromatic rings. The third-order valence-electron chi connectivity index (χ3n) is 3.52. The number of benzene rings is 2. The van der Waals surface area contributed by atoms with Crippen LogP contribution >= 0.6 is 0 Å². The van der Waals surface area contributed by atoms with Crippen molar-refractivity contribution in [1.82, 2.24) is 0 Å². The summed E-state index contributed by atoms with van der Waals surface area (Å²) in [5.41, 5.74) is 1.38. The van der Waals surface area contributed by atoms with Gasteiger partial charge >= 0.3 is 0 Å². The van der Waals surface area contributed by atoms with Crippen LogP contribution in [0, 0.1) is 0 Å². The van der Waals surface area contributed by atoms with E-state index < -0.39 is 0 Å². The van der Waals surface area contributed by atoms with Gasteiger partial charge in [0.1, 0.15) is 0 Å². The molecule has 0 bridgehead atoms. The van der Waals surface area contributed by atoms with Crippen molar-refractivity contribution in [3.8, 4) is 0 Å². The zero-order valence-electron chi connectivity index (χ0n) is 11.6. The highest BCUT2D eigenvalue weighted by molar-refractivity contribution is 6.14. The molecular weight excluding hydrogens is 248 g/mol. The van der Waals surface area contributed by atoms with Crippen LogP contribution in [0.3, 0.4) is 0 Å². The summed E-state index contributed by atoms with van der Waals surface area (Å²) in [6.07, 6.45) is 3.76. The van der Waals surface area contributed by atoms with Gasteiger partial charge in [0.05, 0.1) is 5.22 Å².